The molecule has 2 aromatic heterocycles. The first-order chi connectivity index (χ1) is 18.8. The number of halogens is 2. The van der Waals surface area contributed by atoms with E-state index in [2.05, 4.69) is 21.7 Å². The molecule has 2 N–H and O–H groups in total. The maximum absolute atomic E-state index is 14.9. The number of anilines is 2. The second kappa shape index (κ2) is 11.1. The molecule has 0 unspecified atom stereocenters. The Balaban J connectivity index is 1.62. The maximum Gasteiger partial charge on any atom is 0.250 e. The quantitative estimate of drug-likeness (QED) is 0.267. The number of rotatable bonds is 7. The number of aromatic nitrogens is 2. The molecular formula is C29H27ClFN5O2S. The summed E-state index contributed by atoms with van der Waals surface area (Å²) in [5, 5.41) is 7.05. The zero-order valence-electron chi connectivity index (χ0n) is 21.6. The third-order valence-corrected chi connectivity index (χ3v) is 7.39. The van der Waals surface area contributed by atoms with E-state index in [0.717, 1.165) is 28.3 Å². The van der Waals surface area contributed by atoms with Crippen LogP contribution in [-0.2, 0) is 9.53 Å². The van der Waals surface area contributed by atoms with Gasteiger partial charge in [-0.15, -0.1) is 0 Å². The molecule has 1 amide bonds. The summed E-state index contributed by atoms with van der Waals surface area (Å²) in [4.78, 5) is 18.6. The fourth-order valence-electron chi connectivity index (χ4n) is 5.11. The van der Waals surface area contributed by atoms with Crippen LogP contribution in [0, 0.1) is 19.7 Å². The third kappa shape index (κ3) is 5.13. The lowest BCUT2D eigenvalue weighted by atomic mass is 9.96. The molecule has 1 aliphatic rings. The number of thiocarbonyl (C=S) groups is 1. The van der Waals surface area contributed by atoms with Crippen LogP contribution >= 0.6 is 23.8 Å². The van der Waals surface area contributed by atoms with Crippen LogP contribution in [0.5, 0.6) is 0 Å². The Morgan fingerprint density at radius 1 is 1.15 bits per heavy atom. The smallest absolute Gasteiger partial charge is 0.250 e. The van der Waals surface area contributed by atoms with Crippen molar-refractivity contribution in [3.63, 3.8) is 0 Å². The van der Waals surface area contributed by atoms with Crippen molar-refractivity contribution in [2.24, 2.45) is 0 Å². The Morgan fingerprint density at radius 3 is 2.62 bits per heavy atom. The van der Waals surface area contributed by atoms with E-state index in [1.165, 1.54) is 13.2 Å². The summed E-state index contributed by atoms with van der Waals surface area (Å²) in [6, 6.07) is 19.3. The highest BCUT2D eigenvalue weighted by molar-refractivity contribution is 7.80. The largest absolute Gasteiger partial charge is 0.375 e. The van der Waals surface area contributed by atoms with Gasteiger partial charge in [0.05, 0.1) is 34.2 Å². The average Bonchev–Trinajstić information content (AvgIpc) is 3.41. The first kappa shape index (κ1) is 26.8. The Hall–Kier alpha value is -3.79. The first-order valence-electron chi connectivity index (χ1n) is 12.3. The molecule has 10 heteroatoms. The molecular weight excluding hydrogens is 537 g/mol. The van der Waals surface area contributed by atoms with Crippen molar-refractivity contribution >= 4 is 46.2 Å². The number of methoxy groups -OCH3 is 1. The van der Waals surface area contributed by atoms with Crippen molar-refractivity contribution in [3.8, 4) is 5.69 Å². The number of nitrogens with zero attached hydrogens (tertiary/aromatic N) is 3. The highest BCUT2D eigenvalue weighted by Gasteiger charge is 2.42. The lowest BCUT2D eigenvalue weighted by Crippen LogP contribution is -2.29. The van der Waals surface area contributed by atoms with E-state index in [-0.39, 0.29) is 30.4 Å². The molecule has 200 valence electrons. The topological polar surface area (TPSA) is 71.4 Å². The van der Waals surface area contributed by atoms with Crippen molar-refractivity contribution in [1.29, 1.82) is 0 Å². The van der Waals surface area contributed by atoms with E-state index in [1.54, 1.807) is 30.5 Å². The molecule has 0 bridgehead atoms. The monoisotopic (exact) mass is 563 g/mol. The van der Waals surface area contributed by atoms with E-state index < -0.39 is 0 Å². The fourth-order valence-corrected chi connectivity index (χ4v) is 5.68. The summed E-state index contributed by atoms with van der Waals surface area (Å²) < 4.78 is 21.7. The van der Waals surface area contributed by atoms with E-state index in [4.69, 9.17) is 28.6 Å². The predicted octanol–water partition coefficient (Wildman–Crippen LogP) is 6.04. The number of nitrogens with one attached hydrogen (secondary N) is 2. The van der Waals surface area contributed by atoms with E-state index in [1.807, 2.05) is 53.6 Å². The van der Waals surface area contributed by atoms with Gasteiger partial charge in [0.15, 0.2) is 5.11 Å². The zero-order valence-corrected chi connectivity index (χ0v) is 23.2. The number of hydrogen-bond acceptors (Lipinski definition) is 4. The molecule has 0 radical (unpaired) electrons. The lowest BCUT2D eigenvalue weighted by Gasteiger charge is -2.28. The molecule has 2 aromatic carbocycles. The molecule has 39 heavy (non-hydrogen) atoms. The third-order valence-electron chi connectivity index (χ3n) is 6.76. The number of carbonyl (C=O) groups is 1. The van der Waals surface area contributed by atoms with E-state index in [9.17, 15) is 9.18 Å². The normalized spacial score (nSPS) is 16.8. The van der Waals surface area contributed by atoms with E-state index >= 15 is 0 Å². The molecule has 0 spiro atoms. The summed E-state index contributed by atoms with van der Waals surface area (Å²) in [6.07, 6.45) is 1.75. The molecule has 0 saturated carbocycles. The van der Waals surface area contributed by atoms with Crippen LogP contribution in [0.4, 0.5) is 15.8 Å². The van der Waals surface area contributed by atoms with Gasteiger partial charge in [-0.3, -0.25) is 9.78 Å². The average molecular weight is 564 g/mol. The van der Waals surface area contributed by atoms with Crippen LogP contribution in [-0.4, -0.2) is 34.3 Å². The highest BCUT2D eigenvalue weighted by Crippen LogP contribution is 2.44. The number of pyridine rings is 1. The van der Waals surface area contributed by atoms with Gasteiger partial charge in [0.1, 0.15) is 12.4 Å². The van der Waals surface area contributed by atoms with Gasteiger partial charge in [-0.2, -0.15) is 0 Å². The van der Waals surface area contributed by atoms with Gasteiger partial charge in [-0.25, -0.2) is 4.39 Å². The molecule has 0 aliphatic carbocycles. The van der Waals surface area contributed by atoms with Gasteiger partial charge in [0, 0.05) is 30.4 Å². The molecule has 1 aliphatic heterocycles. The zero-order chi connectivity index (χ0) is 27.7. The van der Waals surface area contributed by atoms with Crippen LogP contribution < -0.4 is 15.5 Å². The minimum Gasteiger partial charge on any atom is -0.375 e. The summed E-state index contributed by atoms with van der Waals surface area (Å²) in [6.45, 7) is 3.85. The lowest BCUT2D eigenvalue weighted by molar-refractivity contribution is -0.119. The van der Waals surface area contributed by atoms with E-state index in [0.29, 0.717) is 21.5 Å². The predicted molar refractivity (Wildman–Crippen MR) is 155 cm³/mol. The van der Waals surface area contributed by atoms with Crippen molar-refractivity contribution in [2.75, 3.05) is 23.9 Å². The molecule has 1 fully saturated rings. The van der Waals surface area contributed by atoms with Crippen molar-refractivity contribution in [2.45, 2.75) is 25.9 Å². The molecule has 5 rings (SSSR count). The molecule has 1 saturated heterocycles. The Morgan fingerprint density at radius 2 is 1.92 bits per heavy atom. The molecule has 4 aromatic rings. The number of hydrogen-bond donors (Lipinski definition) is 2. The van der Waals surface area contributed by atoms with Crippen LogP contribution in [0.15, 0.2) is 72.9 Å². The minimum absolute atomic E-state index is 0.0797. The van der Waals surface area contributed by atoms with Crippen LogP contribution in [0.3, 0.4) is 0 Å². The van der Waals surface area contributed by atoms with Crippen LogP contribution in [0.25, 0.3) is 5.69 Å². The van der Waals surface area contributed by atoms with Gasteiger partial charge >= 0.3 is 0 Å². The Labute approximate surface area is 236 Å². The second-order valence-corrected chi connectivity index (χ2v) is 10.0. The second-order valence-electron chi connectivity index (χ2n) is 9.26. The van der Waals surface area contributed by atoms with Crippen molar-refractivity contribution < 1.29 is 13.9 Å². The highest BCUT2D eigenvalue weighted by atomic mass is 35.5. The van der Waals surface area contributed by atoms with Gasteiger partial charge in [0.2, 0.25) is 5.91 Å². The molecule has 2 atom stereocenters. The number of benzene rings is 2. The van der Waals surface area contributed by atoms with Gasteiger partial charge < -0.3 is 24.8 Å². The summed E-state index contributed by atoms with van der Waals surface area (Å²) in [5.74, 6) is -0.610. The van der Waals surface area contributed by atoms with Gasteiger partial charge in [-0.05, 0) is 80.2 Å². The van der Waals surface area contributed by atoms with Gasteiger partial charge in [0.25, 0.3) is 0 Å². The van der Waals surface area contributed by atoms with Crippen molar-refractivity contribution in [1.82, 2.24) is 14.9 Å². The van der Waals surface area contributed by atoms with Crippen molar-refractivity contribution in [3.05, 3.63) is 106 Å². The summed E-state index contributed by atoms with van der Waals surface area (Å²) in [5.41, 5.74) is 5.24. The number of aryl methyl sites for hydroxylation is 1. The SMILES string of the molecule is COCC(=O)Nc1ccc(N2C(=S)N[C@H](c3ccccn3)[C@@H]2c2cc(C)n(-c3ccccc3F)c2C)cc1Cl. The number of ether oxygens (including phenoxy) is 1. The number of amides is 1. The summed E-state index contributed by atoms with van der Waals surface area (Å²) >= 11 is 12.4. The number of carbonyl (C=O) groups excluding carboxylic acids is 1. The molecule has 7 nitrogen and oxygen atoms in total. The first-order valence-corrected chi connectivity index (χ1v) is 13.1. The maximum atomic E-state index is 14.9. The Kier molecular flexibility index (Phi) is 7.65. The summed E-state index contributed by atoms with van der Waals surface area (Å²) in [7, 11) is 1.45. The van der Waals surface area contributed by atoms with Gasteiger partial charge in [-0.1, -0.05) is 29.8 Å². The fraction of sp³-hybridized carbons (Fsp3) is 0.207. The molecule has 3 heterocycles. The van der Waals surface area contributed by atoms with Crippen LogP contribution in [0.1, 0.15) is 34.7 Å². The minimum atomic E-state index is -0.316. The Bertz CT molecular complexity index is 1540. The number of para-hydroxylation sites is 1. The van der Waals surface area contributed by atoms with Crippen LogP contribution in [0.2, 0.25) is 5.02 Å². The standard InChI is InChI=1S/C29H27ClFN5O2S/c1-17-14-20(18(2)35(17)25-10-5-4-8-22(25)31)28-27(24-9-6-7-13-32-24)34-29(39)36(28)19-11-12-23(21(30)15-19)33-26(37)16-38-3/h4-15,27-28H,16H2,1-3H3,(H,33,37)(H,34,39)/t27-,28+/m1/s1.